The van der Waals surface area contributed by atoms with Crippen LogP contribution in [0.2, 0.25) is 0 Å². The van der Waals surface area contributed by atoms with Crippen molar-refractivity contribution in [3.63, 3.8) is 0 Å². The van der Waals surface area contributed by atoms with Gasteiger partial charge < -0.3 is 0 Å². The molecule has 0 fully saturated rings. The molecule has 0 amide bonds. The topological polar surface area (TPSA) is 30.7 Å². The summed E-state index contributed by atoms with van der Waals surface area (Å²) in [6.45, 7) is 0. The Morgan fingerprint density at radius 2 is 1.85 bits per heavy atom. The van der Waals surface area contributed by atoms with Gasteiger partial charge in [0.2, 0.25) is 0 Å². The molecule has 4 aromatic rings. The fourth-order valence-corrected chi connectivity index (χ4v) is 2.92. The van der Waals surface area contributed by atoms with E-state index in [9.17, 15) is 0 Å². The molecule has 0 N–H and O–H groups in total. The van der Waals surface area contributed by atoms with Crippen LogP contribution >= 0.6 is 22.6 Å². The van der Waals surface area contributed by atoms with E-state index in [2.05, 4.69) is 67.5 Å². The number of pyridine rings is 2. The fraction of sp³-hybridized carbons (Fsp3) is 0. The molecule has 3 aromatic heterocycles. The van der Waals surface area contributed by atoms with Crippen LogP contribution in [0.3, 0.4) is 0 Å². The molecule has 96 valence electrons. The normalized spacial score (nSPS) is 11.2. The minimum atomic E-state index is 0.919. The van der Waals surface area contributed by atoms with E-state index in [-0.39, 0.29) is 0 Å². The molecular weight excluding hydrogens is 359 g/mol. The summed E-state index contributed by atoms with van der Waals surface area (Å²) >= 11 is 2.33. The number of fused-ring (bicyclic) bond motifs is 2. The predicted molar refractivity (Wildman–Crippen MR) is 89.1 cm³/mol. The van der Waals surface area contributed by atoms with Gasteiger partial charge in [-0.1, -0.05) is 6.07 Å². The van der Waals surface area contributed by atoms with Crippen LogP contribution in [0.25, 0.3) is 27.5 Å². The Balaban J connectivity index is 1.97. The van der Waals surface area contributed by atoms with Gasteiger partial charge in [-0.3, -0.25) is 9.55 Å². The van der Waals surface area contributed by atoms with Gasteiger partial charge >= 0.3 is 0 Å². The quantitative estimate of drug-likeness (QED) is 0.472. The van der Waals surface area contributed by atoms with E-state index in [1.807, 2.05) is 30.9 Å². The third-order valence-electron chi connectivity index (χ3n) is 3.41. The Morgan fingerprint density at radius 1 is 0.900 bits per heavy atom. The number of hydrogen-bond donors (Lipinski definition) is 0. The Bertz CT molecular complexity index is 927. The zero-order chi connectivity index (χ0) is 13.5. The lowest BCUT2D eigenvalue weighted by atomic mass is 10.2. The molecule has 3 nitrogen and oxygen atoms in total. The molecule has 0 atom stereocenters. The summed E-state index contributed by atoms with van der Waals surface area (Å²) in [6, 6.07) is 12.6. The van der Waals surface area contributed by atoms with Crippen molar-refractivity contribution in [1.82, 2.24) is 14.5 Å². The summed E-state index contributed by atoms with van der Waals surface area (Å²) in [4.78, 5) is 8.76. The van der Waals surface area contributed by atoms with Gasteiger partial charge in [0.05, 0.1) is 11.7 Å². The Labute approximate surface area is 129 Å². The molecule has 0 aliphatic carbocycles. The summed E-state index contributed by atoms with van der Waals surface area (Å²) in [5.41, 5.74) is 1.07. The zero-order valence-electron chi connectivity index (χ0n) is 10.5. The van der Waals surface area contributed by atoms with Crippen molar-refractivity contribution in [3.8, 4) is 5.82 Å². The lowest BCUT2D eigenvalue weighted by molar-refractivity contribution is 1.05. The van der Waals surface area contributed by atoms with Crippen molar-refractivity contribution in [2.45, 2.75) is 0 Å². The molecule has 0 spiro atoms. The second-order valence-electron chi connectivity index (χ2n) is 4.65. The summed E-state index contributed by atoms with van der Waals surface area (Å²) < 4.78 is 3.30. The summed E-state index contributed by atoms with van der Waals surface area (Å²) in [5.74, 6) is 0.919. The van der Waals surface area contributed by atoms with Gasteiger partial charge in [-0.05, 0) is 58.3 Å². The first-order valence-corrected chi connectivity index (χ1v) is 7.36. The number of aromatic nitrogens is 3. The maximum Gasteiger partial charge on any atom is 0.137 e. The number of nitrogens with zero attached hydrogens (tertiary/aromatic N) is 3. The summed E-state index contributed by atoms with van der Waals surface area (Å²) in [6.07, 6.45) is 7.64. The number of halogens is 1. The molecule has 0 radical (unpaired) electrons. The molecule has 0 bridgehead atoms. The monoisotopic (exact) mass is 369 g/mol. The SMILES string of the molecule is [125I]c1ccc2cnc(-n3ccc4ccncc43)cc2c1. The number of rotatable bonds is 1. The van der Waals surface area contributed by atoms with E-state index in [4.69, 9.17) is 0 Å². The molecule has 3 heterocycles. The first-order chi connectivity index (χ1) is 9.81. The van der Waals surface area contributed by atoms with E-state index in [1.54, 1.807) is 0 Å². The highest BCUT2D eigenvalue weighted by Crippen LogP contribution is 2.22. The Kier molecular flexibility index (Phi) is 2.70. The van der Waals surface area contributed by atoms with Crippen LogP contribution < -0.4 is 0 Å². The summed E-state index contributed by atoms with van der Waals surface area (Å²) in [5, 5.41) is 3.53. The third-order valence-corrected chi connectivity index (χ3v) is 4.08. The van der Waals surface area contributed by atoms with Gasteiger partial charge in [-0.2, -0.15) is 0 Å². The molecule has 0 unspecified atom stereocenters. The van der Waals surface area contributed by atoms with Crippen LogP contribution in [0, 0.1) is 3.57 Å². The lowest BCUT2D eigenvalue weighted by Gasteiger charge is -2.06. The van der Waals surface area contributed by atoms with E-state index in [0.717, 1.165) is 16.7 Å². The van der Waals surface area contributed by atoms with E-state index in [1.165, 1.54) is 14.3 Å². The fourth-order valence-electron chi connectivity index (χ4n) is 2.41. The highest BCUT2D eigenvalue weighted by molar-refractivity contribution is 14.1. The Hall–Kier alpha value is -1.95. The highest BCUT2D eigenvalue weighted by Gasteiger charge is 2.05. The first-order valence-electron chi connectivity index (χ1n) is 6.28. The van der Waals surface area contributed by atoms with Gasteiger partial charge in [0.15, 0.2) is 0 Å². The first kappa shape index (κ1) is 11.8. The smallest absolute Gasteiger partial charge is 0.137 e. The van der Waals surface area contributed by atoms with E-state index in [0.29, 0.717) is 0 Å². The van der Waals surface area contributed by atoms with Crippen molar-refractivity contribution in [1.29, 1.82) is 0 Å². The van der Waals surface area contributed by atoms with E-state index >= 15 is 0 Å². The van der Waals surface area contributed by atoms with Crippen LogP contribution in [-0.2, 0) is 0 Å². The Morgan fingerprint density at radius 3 is 2.80 bits per heavy atom. The minimum Gasteiger partial charge on any atom is -0.300 e. The highest BCUT2D eigenvalue weighted by atomic mass is 125. The van der Waals surface area contributed by atoms with Crippen molar-refractivity contribution >= 4 is 44.3 Å². The van der Waals surface area contributed by atoms with Gasteiger partial charge in [-0.15, -0.1) is 0 Å². The second-order valence-corrected chi connectivity index (χ2v) is 5.90. The number of hydrogen-bond acceptors (Lipinski definition) is 2. The molecule has 4 rings (SSSR count). The van der Waals surface area contributed by atoms with Gasteiger partial charge in [0, 0.05) is 32.9 Å². The van der Waals surface area contributed by atoms with Crippen molar-refractivity contribution < 1.29 is 0 Å². The van der Waals surface area contributed by atoms with Crippen LogP contribution in [0.15, 0.2) is 61.2 Å². The molecule has 20 heavy (non-hydrogen) atoms. The minimum absolute atomic E-state index is 0.919. The maximum absolute atomic E-state index is 4.56. The van der Waals surface area contributed by atoms with Gasteiger partial charge in [-0.25, -0.2) is 4.98 Å². The van der Waals surface area contributed by atoms with Crippen LogP contribution in [0.5, 0.6) is 0 Å². The second kappa shape index (κ2) is 4.56. The van der Waals surface area contributed by atoms with Gasteiger partial charge in [0.25, 0.3) is 0 Å². The van der Waals surface area contributed by atoms with Gasteiger partial charge in [0.1, 0.15) is 5.82 Å². The lowest BCUT2D eigenvalue weighted by Crippen LogP contribution is -1.95. The standard InChI is InChI=1S/C16H10IN3/c17-14-2-1-12-9-19-16(8-13(12)7-14)20-6-4-11-3-5-18-10-15(11)20/h1-10H/i17-2. The van der Waals surface area contributed by atoms with E-state index < -0.39 is 0 Å². The largest absolute Gasteiger partial charge is 0.300 e. The predicted octanol–water partition coefficient (Wildman–Crippen LogP) is 4.18. The average Bonchev–Trinajstić information content (AvgIpc) is 2.90. The van der Waals surface area contributed by atoms with Crippen molar-refractivity contribution in [2.75, 3.05) is 0 Å². The van der Waals surface area contributed by atoms with Crippen LogP contribution in [0.4, 0.5) is 0 Å². The molecule has 0 saturated heterocycles. The average molecular weight is 369 g/mol. The molecule has 4 heteroatoms. The molecule has 0 aliphatic rings. The molecule has 0 aliphatic heterocycles. The van der Waals surface area contributed by atoms with Crippen molar-refractivity contribution in [3.05, 3.63) is 64.8 Å². The van der Waals surface area contributed by atoms with Crippen molar-refractivity contribution in [2.24, 2.45) is 0 Å². The summed E-state index contributed by atoms with van der Waals surface area (Å²) in [7, 11) is 0. The number of benzene rings is 1. The maximum atomic E-state index is 4.56. The molecule has 1 aromatic carbocycles. The van der Waals surface area contributed by atoms with Crippen LogP contribution in [0.1, 0.15) is 0 Å². The third kappa shape index (κ3) is 1.87. The molecular formula is C16H10IN3. The molecule has 0 saturated carbocycles. The van der Waals surface area contributed by atoms with Crippen LogP contribution in [-0.4, -0.2) is 14.5 Å². The zero-order valence-corrected chi connectivity index (χ0v) is 12.7.